The highest BCUT2D eigenvalue weighted by Gasteiger charge is 2.24. The van der Waals surface area contributed by atoms with E-state index in [0.29, 0.717) is 17.3 Å². The summed E-state index contributed by atoms with van der Waals surface area (Å²) >= 11 is 6.44. The van der Waals surface area contributed by atoms with Gasteiger partial charge in [-0.2, -0.15) is 9.78 Å². The van der Waals surface area contributed by atoms with Crippen molar-refractivity contribution in [3.8, 4) is 11.4 Å². The van der Waals surface area contributed by atoms with E-state index in [1.165, 1.54) is 10.2 Å². The molecule has 2 aromatic carbocycles. The number of halogens is 1. The predicted octanol–water partition coefficient (Wildman–Crippen LogP) is 4.28. The van der Waals surface area contributed by atoms with Crippen LogP contribution in [0.15, 0.2) is 65.6 Å². The van der Waals surface area contributed by atoms with E-state index < -0.39 is 0 Å². The zero-order valence-corrected chi connectivity index (χ0v) is 16.5. The molecule has 1 aliphatic heterocycles. The Kier molecular flexibility index (Phi) is 5.35. The molecule has 6 heteroatoms. The molecule has 0 radical (unpaired) electrons. The number of hydrogen-bond acceptors (Lipinski definition) is 4. The second kappa shape index (κ2) is 8.07. The molecule has 1 aliphatic rings. The van der Waals surface area contributed by atoms with Crippen molar-refractivity contribution in [3.05, 3.63) is 81.7 Å². The molecule has 0 amide bonds. The van der Waals surface area contributed by atoms with E-state index in [4.69, 9.17) is 16.3 Å². The quantitative estimate of drug-likeness (QED) is 0.661. The average molecular weight is 396 g/mol. The topological polar surface area (TPSA) is 47.4 Å². The Hall–Kier alpha value is -2.79. The number of ether oxygens (including phenoxy) is 1. The van der Waals surface area contributed by atoms with Gasteiger partial charge in [0, 0.05) is 13.1 Å². The Morgan fingerprint density at radius 3 is 2.54 bits per heavy atom. The summed E-state index contributed by atoms with van der Waals surface area (Å²) in [5.74, 6) is 1.36. The van der Waals surface area contributed by atoms with Gasteiger partial charge in [0.1, 0.15) is 10.8 Å². The molecular weight excluding hydrogens is 374 g/mol. The molecule has 3 aromatic rings. The zero-order valence-electron chi connectivity index (χ0n) is 15.7. The van der Waals surface area contributed by atoms with E-state index in [2.05, 4.69) is 22.1 Å². The fraction of sp³-hybridized carbons (Fsp3) is 0.273. The molecule has 0 unspecified atom stereocenters. The number of hydrogen-bond donors (Lipinski definition) is 0. The maximum absolute atomic E-state index is 12.7. The van der Waals surface area contributed by atoms with E-state index in [9.17, 15) is 4.79 Å². The van der Waals surface area contributed by atoms with E-state index in [1.54, 1.807) is 13.3 Å². The number of anilines is 1. The normalized spacial score (nSPS) is 14.9. The molecule has 0 bridgehead atoms. The minimum absolute atomic E-state index is 0.221. The number of piperidine rings is 1. The first kappa shape index (κ1) is 18.6. The first-order valence-electron chi connectivity index (χ1n) is 9.39. The van der Waals surface area contributed by atoms with Crippen LogP contribution in [0.5, 0.6) is 5.75 Å². The molecule has 0 atom stereocenters. The molecular formula is C22H22ClN3O2. The number of para-hydroxylation sites is 1. The summed E-state index contributed by atoms with van der Waals surface area (Å²) in [7, 11) is 1.69. The van der Waals surface area contributed by atoms with E-state index in [-0.39, 0.29) is 10.6 Å². The van der Waals surface area contributed by atoms with Gasteiger partial charge in [-0.05, 0) is 48.6 Å². The fourth-order valence-corrected chi connectivity index (χ4v) is 4.00. The van der Waals surface area contributed by atoms with Crippen molar-refractivity contribution in [1.82, 2.24) is 9.78 Å². The highest BCUT2D eigenvalue weighted by atomic mass is 35.5. The van der Waals surface area contributed by atoms with Crippen molar-refractivity contribution in [1.29, 1.82) is 0 Å². The van der Waals surface area contributed by atoms with Gasteiger partial charge in [0.15, 0.2) is 0 Å². The zero-order chi connectivity index (χ0) is 19.5. The molecule has 28 heavy (non-hydrogen) atoms. The van der Waals surface area contributed by atoms with Crippen molar-refractivity contribution < 1.29 is 4.74 Å². The lowest BCUT2D eigenvalue weighted by atomic mass is 9.89. The van der Waals surface area contributed by atoms with Gasteiger partial charge in [-0.25, -0.2) is 0 Å². The van der Waals surface area contributed by atoms with Gasteiger partial charge in [0.2, 0.25) is 0 Å². The third-order valence-corrected chi connectivity index (χ3v) is 5.66. The number of aromatic nitrogens is 2. The summed E-state index contributed by atoms with van der Waals surface area (Å²) in [5.41, 5.74) is 2.42. The fourth-order valence-electron chi connectivity index (χ4n) is 3.75. The Labute approximate surface area is 169 Å². The molecule has 0 N–H and O–H groups in total. The molecule has 1 aromatic heterocycles. The van der Waals surface area contributed by atoms with Crippen molar-refractivity contribution in [2.75, 3.05) is 25.1 Å². The van der Waals surface area contributed by atoms with E-state index in [0.717, 1.165) is 31.7 Å². The Bertz CT molecular complexity index is 1010. The van der Waals surface area contributed by atoms with Crippen LogP contribution in [0.1, 0.15) is 24.3 Å². The SMILES string of the molecule is COc1cccc(C2CCN(c3cnn(-c4ccccc4)c(=O)c3Cl)CC2)c1. The molecule has 0 saturated carbocycles. The van der Waals surface area contributed by atoms with Crippen molar-refractivity contribution in [3.63, 3.8) is 0 Å². The van der Waals surface area contributed by atoms with Crippen LogP contribution in [0.3, 0.4) is 0 Å². The van der Waals surface area contributed by atoms with Crippen LogP contribution in [0.4, 0.5) is 5.69 Å². The molecule has 0 spiro atoms. The summed E-state index contributed by atoms with van der Waals surface area (Å²) < 4.78 is 6.68. The summed E-state index contributed by atoms with van der Waals surface area (Å²) in [6, 6.07) is 17.6. The number of rotatable bonds is 4. The lowest BCUT2D eigenvalue weighted by Crippen LogP contribution is -2.35. The van der Waals surface area contributed by atoms with Crippen LogP contribution in [0.25, 0.3) is 5.69 Å². The van der Waals surface area contributed by atoms with Crippen LogP contribution < -0.4 is 15.2 Å². The second-order valence-electron chi connectivity index (χ2n) is 6.93. The maximum atomic E-state index is 12.7. The van der Waals surface area contributed by atoms with Crippen molar-refractivity contribution >= 4 is 17.3 Å². The third kappa shape index (κ3) is 3.62. The van der Waals surface area contributed by atoms with Crippen LogP contribution in [0, 0.1) is 0 Å². The highest BCUT2D eigenvalue weighted by molar-refractivity contribution is 6.33. The predicted molar refractivity (Wildman–Crippen MR) is 112 cm³/mol. The highest BCUT2D eigenvalue weighted by Crippen LogP contribution is 2.33. The molecule has 0 aliphatic carbocycles. The molecule has 1 saturated heterocycles. The third-order valence-electron chi connectivity index (χ3n) is 5.30. The van der Waals surface area contributed by atoms with Gasteiger partial charge < -0.3 is 9.64 Å². The minimum atomic E-state index is -0.291. The van der Waals surface area contributed by atoms with Crippen molar-refractivity contribution in [2.45, 2.75) is 18.8 Å². The van der Waals surface area contributed by atoms with Gasteiger partial charge in [0.05, 0.1) is 24.7 Å². The van der Waals surface area contributed by atoms with Gasteiger partial charge >= 0.3 is 0 Å². The van der Waals surface area contributed by atoms with Gasteiger partial charge in [-0.3, -0.25) is 4.79 Å². The van der Waals surface area contributed by atoms with Crippen LogP contribution in [-0.2, 0) is 0 Å². The van der Waals surface area contributed by atoms with Crippen molar-refractivity contribution in [2.24, 2.45) is 0 Å². The number of methoxy groups -OCH3 is 1. The van der Waals surface area contributed by atoms with Gasteiger partial charge in [-0.1, -0.05) is 41.9 Å². The largest absolute Gasteiger partial charge is 0.497 e. The summed E-state index contributed by atoms with van der Waals surface area (Å²) in [4.78, 5) is 14.9. The van der Waals surface area contributed by atoms with E-state index in [1.807, 2.05) is 42.5 Å². The average Bonchev–Trinajstić information content (AvgIpc) is 2.76. The van der Waals surface area contributed by atoms with Crippen LogP contribution in [-0.4, -0.2) is 30.0 Å². The Balaban J connectivity index is 1.52. The van der Waals surface area contributed by atoms with E-state index >= 15 is 0 Å². The summed E-state index contributed by atoms with van der Waals surface area (Å²) in [5, 5.41) is 4.57. The van der Waals surface area contributed by atoms with Gasteiger partial charge in [-0.15, -0.1) is 0 Å². The molecule has 144 valence electrons. The lowest BCUT2D eigenvalue weighted by molar-refractivity contribution is 0.412. The molecule has 4 rings (SSSR count). The van der Waals surface area contributed by atoms with Crippen LogP contribution in [0.2, 0.25) is 5.02 Å². The second-order valence-corrected chi connectivity index (χ2v) is 7.31. The summed E-state index contributed by atoms with van der Waals surface area (Å²) in [6.45, 7) is 1.66. The summed E-state index contributed by atoms with van der Waals surface area (Å²) in [6.07, 6.45) is 3.68. The Morgan fingerprint density at radius 2 is 1.82 bits per heavy atom. The maximum Gasteiger partial charge on any atom is 0.292 e. The Morgan fingerprint density at radius 1 is 1.07 bits per heavy atom. The van der Waals surface area contributed by atoms with Crippen LogP contribution >= 0.6 is 11.6 Å². The first-order valence-corrected chi connectivity index (χ1v) is 9.77. The monoisotopic (exact) mass is 395 g/mol. The standard InChI is InChI=1S/C22H22ClN3O2/c1-28-19-9-5-6-17(14-19)16-10-12-25(13-11-16)20-15-24-26(22(27)21(20)23)18-7-3-2-4-8-18/h2-9,14-16H,10-13H2,1H3. The molecule has 5 nitrogen and oxygen atoms in total. The smallest absolute Gasteiger partial charge is 0.292 e. The number of benzene rings is 2. The first-order chi connectivity index (χ1) is 13.7. The number of nitrogens with zero attached hydrogens (tertiary/aromatic N) is 3. The van der Waals surface area contributed by atoms with Gasteiger partial charge in [0.25, 0.3) is 5.56 Å². The lowest BCUT2D eigenvalue weighted by Gasteiger charge is -2.34. The minimum Gasteiger partial charge on any atom is -0.497 e. The molecule has 2 heterocycles. The molecule has 1 fully saturated rings.